The van der Waals surface area contributed by atoms with Crippen LogP contribution in [0.5, 0.6) is 0 Å². The number of amides is 1. The number of carbonyl (C=O) groups excluding carboxylic acids is 1. The van der Waals surface area contributed by atoms with E-state index in [0.29, 0.717) is 30.8 Å². The number of isocyanates is 1. The predicted molar refractivity (Wildman–Crippen MR) is 77.9 cm³/mol. The maximum Gasteiger partial charge on any atom is 0.407 e. The highest BCUT2D eigenvalue weighted by atomic mass is 16.4. The number of rotatable bonds is 3. The third-order valence-corrected chi connectivity index (χ3v) is 5.81. The maximum absolute atomic E-state index is 11.1. The number of carboxylic acid groups (broad SMARTS) is 1. The smallest absolute Gasteiger partial charge is 0.407 e. The zero-order chi connectivity index (χ0) is 14.9. The molecule has 3 rings (SSSR count). The molecule has 1 saturated heterocycles. The van der Waals surface area contributed by atoms with Gasteiger partial charge in [0.15, 0.2) is 0 Å². The third kappa shape index (κ3) is 2.98. The van der Waals surface area contributed by atoms with Crippen LogP contribution in [-0.4, -0.2) is 40.8 Å². The first-order chi connectivity index (χ1) is 10.1. The fraction of sp³-hybridized carbons (Fsp3) is 0.875. The van der Waals surface area contributed by atoms with E-state index in [9.17, 15) is 9.59 Å². The summed E-state index contributed by atoms with van der Waals surface area (Å²) in [5.74, 6) is 1.44. The highest BCUT2D eigenvalue weighted by molar-refractivity contribution is 5.65. The zero-order valence-corrected chi connectivity index (χ0v) is 12.5. The Morgan fingerprint density at radius 2 is 1.81 bits per heavy atom. The van der Waals surface area contributed by atoms with Crippen LogP contribution in [0.2, 0.25) is 0 Å². The van der Waals surface area contributed by atoms with E-state index < -0.39 is 6.09 Å². The molecule has 21 heavy (non-hydrogen) atoms. The minimum atomic E-state index is -0.818. The number of carbonyl (C=O) groups is 1. The molecule has 5 nitrogen and oxygen atoms in total. The minimum Gasteiger partial charge on any atom is -0.465 e. The van der Waals surface area contributed by atoms with Crippen molar-refractivity contribution in [2.75, 3.05) is 13.1 Å². The Hall–Kier alpha value is -1.35. The average molecular weight is 292 g/mol. The van der Waals surface area contributed by atoms with Crippen LogP contribution in [0, 0.1) is 17.8 Å². The molecule has 0 spiro atoms. The highest BCUT2D eigenvalue weighted by Gasteiger charge is 2.50. The number of fused-ring (bicyclic) bond motifs is 1. The molecular formula is C16H24N2O3. The van der Waals surface area contributed by atoms with E-state index in [4.69, 9.17) is 5.11 Å². The van der Waals surface area contributed by atoms with Crippen molar-refractivity contribution in [2.24, 2.45) is 22.7 Å². The van der Waals surface area contributed by atoms with Crippen LogP contribution in [0.4, 0.5) is 4.79 Å². The molecular weight excluding hydrogens is 268 g/mol. The molecule has 1 aliphatic heterocycles. The number of aliphatic imine (C=N–C) groups is 1. The molecule has 0 bridgehead atoms. The highest BCUT2D eigenvalue weighted by Crippen LogP contribution is 2.49. The Morgan fingerprint density at radius 3 is 2.33 bits per heavy atom. The lowest BCUT2D eigenvalue weighted by Gasteiger charge is -2.31. The Bertz CT molecular complexity index is 438. The van der Waals surface area contributed by atoms with Crippen LogP contribution < -0.4 is 0 Å². The van der Waals surface area contributed by atoms with Crippen LogP contribution >= 0.6 is 0 Å². The quantitative estimate of drug-likeness (QED) is 0.642. The van der Waals surface area contributed by atoms with Crippen molar-refractivity contribution in [2.45, 2.75) is 56.9 Å². The summed E-state index contributed by atoms with van der Waals surface area (Å²) in [6.07, 6.45) is 10.2. The summed E-state index contributed by atoms with van der Waals surface area (Å²) in [4.78, 5) is 27.7. The molecule has 2 atom stereocenters. The van der Waals surface area contributed by atoms with Crippen LogP contribution in [0.25, 0.3) is 0 Å². The van der Waals surface area contributed by atoms with Crippen LogP contribution in [0.3, 0.4) is 0 Å². The fourth-order valence-corrected chi connectivity index (χ4v) is 4.95. The van der Waals surface area contributed by atoms with E-state index in [1.807, 2.05) is 6.08 Å². The second-order valence-corrected chi connectivity index (χ2v) is 7.25. The molecule has 2 saturated carbocycles. The fourth-order valence-electron chi connectivity index (χ4n) is 4.95. The predicted octanol–water partition coefficient (Wildman–Crippen LogP) is 3.05. The van der Waals surface area contributed by atoms with E-state index in [2.05, 4.69) is 4.99 Å². The second-order valence-electron chi connectivity index (χ2n) is 7.25. The number of hydrogen-bond donors (Lipinski definition) is 1. The molecule has 1 heterocycles. The number of hydrogen-bond acceptors (Lipinski definition) is 3. The van der Waals surface area contributed by atoms with Crippen molar-refractivity contribution in [1.29, 1.82) is 0 Å². The van der Waals surface area contributed by atoms with Crippen molar-refractivity contribution in [3.8, 4) is 0 Å². The zero-order valence-electron chi connectivity index (χ0n) is 12.5. The lowest BCUT2D eigenvalue weighted by molar-refractivity contribution is 0.149. The molecule has 0 aromatic heterocycles. The van der Waals surface area contributed by atoms with Crippen molar-refractivity contribution in [1.82, 2.24) is 4.90 Å². The van der Waals surface area contributed by atoms with Gasteiger partial charge < -0.3 is 10.0 Å². The van der Waals surface area contributed by atoms with Crippen molar-refractivity contribution >= 4 is 12.2 Å². The molecule has 2 aliphatic carbocycles. The van der Waals surface area contributed by atoms with Crippen LogP contribution in [0.1, 0.15) is 51.4 Å². The largest absolute Gasteiger partial charge is 0.465 e. The van der Waals surface area contributed by atoms with Gasteiger partial charge >= 0.3 is 6.09 Å². The number of likely N-dealkylation sites (tertiary alicyclic amines) is 1. The first kappa shape index (κ1) is 14.6. The van der Waals surface area contributed by atoms with Crippen molar-refractivity contribution in [3.05, 3.63) is 0 Å². The van der Waals surface area contributed by atoms with Gasteiger partial charge in [0, 0.05) is 13.1 Å². The molecule has 0 aromatic rings. The Morgan fingerprint density at radius 1 is 1.19 bits per heavy atom. The molecule has 2 unspecified atom stereocenters. The Balaban J connectivity index is 1.67. The van der Waals surface area contributed by atoms with Gasteiger partial charge in [-0.2, -0.15) is 4.99 Å². The van der Waals surface area contributed by atoms with E-state index in [1.54, 1.807) is 0 Å². The number of nitrogens with zero attached hydrogens (tertiary/aromatic N) is 2. The maximum atomic E-state index is 11.1. The second kappa shape index (κ2) is 5.80. The van der Waals surface area contributed by atoms with Crippen molar-refractivity contribution in [3.63, 3.8) is 0 Å². The molecule has 1 N–H and O–H groups in total. The Kier molecular flexibility index (Phi) is 4.03. The SMILES string of the molecule is O=C=NC1(CC2CCCCC2)CC2CN(C(=O)O)CC2C1. The van der Waals surface area contributed by atoms with Crippen molar-refractivity contribution < 1.29 is 14.7 Å². The van der Waals surface area contributed by atoms with Gasteiger partial charge in [0.25, 0.3) is 0 Å². The summed E-state index contributed by atoms with van der Waals surface area (Å²) in [6.45, 7) is 1.22. The summed E-state index contributed by atoms with van der Waals surface area (Å²) in [5.41, 5.74) is -0.246. The Labute approximate surface area is 125 Å². The monoisotopic (exact) mass is 292 g/mol. The van der Waals surface area contributed by atoms with Gasteiger partial charge in [-0.1, -0.05) is 32.1 Å². The normalized spacial score (nSPS) is 36.3. The molecule has 5 heteroatoms. The lowest BCUT2D eigenvalue weighted by Crippen LogP contribution is -2.33. The average Bonchev–Trinajstić information content (AvgIpc) is 2.96. The summed E-state index contributed by atoms with van der Waals surface area (Å²) < 4.78 is 0. The standard InChI is InChI=1S/C16H24N2O3/c19-11-17-16(6-12-4-2-1-3-5-12)7-13-9-18(15(20)21)10-14(13)8-16/h12-14H,1-10H2,(H,20,21). The molecule has 3 fully saturated rings. The van der Waals surface area contributed by atoms with Gasteiger partial charge in [-0.15, -0.1) is 0 Å². The first-order valence-corrected chi connectivity index (χ1v) is 8.19. The van der Waals surface area contributed by atoms with E-state index in [1.165, 1.54) is 37.0 Å². The van der Waals surface area contributed by atoms with Crippen LogP contribution in [0.15, 0.2) is 4.99 Å². The lowest BCUT2D eigenvalue weighted by atomic mass is 9.78. The van der Waals surface area contributed by atoms with Gasteiger partial charge in [0.2, 0.25) is 6.08 Å². The summed E-state index contributed by atoms with van der Waals surface area (Å²) in [5, 5.41) is 9.10. The van der Waals surface area contributed by atoms with Gasteiger partial charge in [-0.3, -0.25) is 0 Å². The van der Waals surface area contributed by atoms with E-state index in [-0.39, 0.29) is 5.54 Å². The third-order valence-electron chi connectivity index (χ3n) is 5.81. The van der Waals surface area contributed by atoms with E-state index >= 15 is 0 Å². The van der Waals surface area contributed by atoms with Gasteiger partial charge in [-0.05, 0) is 37.0 Å². The van der Waals surface area contributed by atoms with Gasteiger partial charge in [0.05, 0.1) is 5.54 Å². The first-order valence-electron chi connectivity index (χ1n) is 8.19. The summed E-state index contributed by atoms with van der Waals surface area (Å²) >= 11 is 0. The van der Waals surface area contributed by atoms with Gasteiger partial charge in [0.1, 0.15) is 0 Å². The van der Waals surface area contributed by atoms with Crippen LogP contribution in [-0.2, 0) is 4.79 Å². The topological polar surface area (TPSA) is 70.0 Å². The molecule has 116 valence electrons. The molecule has 3 aliphatic rings. The minimum absolute atomic E-state index is 0.246. The summed E-state index contributed by atoms with van der Waals surface area (Å²) in [7, 11) is 0. The van der Waals surface area contributed by atoms with Gasteiger partial charge in [-0.25, -0.2) is 9.59 Å². The molecule has 0 aromatic carbocycles. The molecule has 0 radical (unpaired) electrons. The summed E-state index contributed by atoms with van der Waals surface area (Å²) in [6, 6.07) is 0. The van der Waals surface area contributed by atoms with E-state index in [0.717, 1.165) is 19.3 Å². The molecule has 1 amide bonds.